The normalized spacial score (nSPS) is 10.4. The van der Waals surface area contributed by atoms with Crippen molar-refractivity contribution in [3.05, 3.63) is 53.2 Å². The number of rotatable bonds is 4. The molecule has 0 aliphatic heterocycles. The van der Waals surface area contributed by atoms with Gasteiger partial charge in [0.1, 0.15) is 5.82 Å². The van der Waals surface area contributed by atoms with Gasteiger partial charge in [0, 0.05) is 13.0 Å². The van der Waals surface area contributed by atoms with Crippen LogP contribution < -0.4 is 5.32 Å². The van der Waals surface area contributed by atoms with Crippen LogP contribution in [0.4, 0.5) is 10.2 Å². The molecule has 0 unspecified atom stereocenters. The average Bonchev–Trinajstić information content (AvgIpc) is 2.37. The molecular weight excluding hydrogens is 229 g/mol. The quantitative estimate of drug-likeness (QED) is 0.900. The SMILES string of the molecule is CCNc1nc(Cc2ccccc2)nc(C)c1F. The maximum Gasteiger partial charge on any atom is 0.186 e. The Labute approximate surface area is 106 Å². The third kappa shape index (κ3) is 2.83. The molecule has 0 spiro atoms. The largest absolute Gasteiger partial charge is 0.368 e. The highest BCUT2D eigenvalue weighted by Crippen LogP contribution is 2.15. The highest BCUT2D eigenvalue weighted by molar-refractivity contribution is 5.38. The zero-order chi connectivity index (χ0) is 13.0. The molecule has 0 atom stereocenters. The van der Waals surface area contributed by atoms with Crippen LogP contribution in [0.3, 0.4) is 0 Å². The van der Waals surface area contributed by atoms with E-state index < -0.39 is 0 Å². The molecule has 0 aliphatic rings. The van der Waals surface area contributed by atoms with Gasteiger partial charge in [-0.25, -0.2) is 14.4 Å². The fourth-order valence-corrected chi connectivity index (χ4v) is 1.76. The summed E-state index contributed by atoms with van der Waals surface area (Å²) in [7, 11) is 0. The van der Waals surface area contributed by atoms with E-state index in [2.05, 4.69) is 15.3 Å². The Morgan fingerprint density at radius 3 is 2.56 bits per heavy atom. The third-order valence-corrected chi connectivity index (χ3v) is 2.61. The molecule has 1 N–H and O–H groups in total. The van der Waals surface area contributed by atoms with Gasteiger partial charge in [0.15, 0.2) is 11.6 Å². The Morgan fingerprint density at radius 1 is 1.17 bits per heavy atom. The molecule has 0 aliphatic carbocycles. The Balaban J connectivity index is 2.28. The van der Waals surface area contributed by atoms with Crippen LogP contribution in [0.1, 0.15) is 24.0 Å². The molecule has 2 rings (SSSR count). The van der Waals surface area contributed by atoms with Crippen molar-refractivity contribution < 1.29 is 4.39 Å². The zero-order valence-electron chi connectivity index (χ0n) is 10.6. The molecule has 18 heavy (non-hydrogen) atoms. The smallest absolute Gasteiger partial charge is 0.186 e. The van der Waals surface area contributed by atoms with Crippen molar-refractivity contribution in [2.45, 2.75) is 20.3 Å². The molecule has 0 saturated carbocycles. The number of benzene rings is 1. The molecule has 0 bridgehead atoms. The summed E-state index contributed by atoms with van der Waals surface area (Å²) in [6, 6.07) is 9.92. The van der Waals surface area contributed by atoms with Gasteiger partial charge in [-0.05, 0) is 19.4 Å². The summed E-state index contributed by atoms with van der Waals surface area (Å²) < 4.78 is 13.7. The molecule has 0 fully saturated rings. The Morgan fingerprint density at radius 2 is 1.89 bits per heavy atom. The molecule has 4 heteroatoms. The summed E-state index contributed by atoms with van der Waals surface area (Å²) in [6.45, 7) is 4.21. The van der Waals surface area contributed by atoms with Gasteiger partial charge < -0.3 is 5.32 Å². The maximum atomic E-state index is 13.7. The van der Waals surface area contributed by atoms with Crippen molar-refractivity contribution in [1.29, 1.82) is 0 Å². The van der Waals surface area contributed by atoms with Gasteiger partial charge in [0.2, 0.25) is 0 Å². The maximum absolute atomic E-state index is 13.7. The summed E-state index contributed by atoms with van der Waals surface area (Å²) in [6.07, 6.45) is 0.611. The van der Waals surface area contributed by atoms with Crippen molar-refractivity contribution in [2.75, 3.05) is 11.9 Å². The van der Waals surface area contributed by atoms with Crippen LogP contribution in [0.25, 0.3) is 0 Å². The number of nitrogens with zero attached hydrogens (tertiary/aromatic N) is 2. The number of halogens is 1. The molecule has 0 amide bonds. The number of anilines is 1. The van der Waals surface area contributed by atoms with Gasteiger partial charge in [-0.3, -0.25) is 0 Å². The van der Waals surface area contributed by atoms with E-state index in [4.69, 9.17) is 0 Å². The predicted molar refractivity (Wildman–Crippen MR) is 70.1 cm³/mol. The summed E-state index contributed by atoms with van der Waals surface area (Å²) in [5.41, 5.74) is 1.50. The summed E-state index contributed by atoms with van der Waals surface area (Å²) >= 11 is 0. The Hall–Kier alpha value is -1.97. The molecule has 1 aromatic carbocycles. The van der Waals surface area contributed by atoms with Crippen molar-refractivity contribution >= 4 is 5.82 Å². The lowest BCUT2D eigenvalue weighted by Crippen LogP contribution is -2.09. The van der Waals surface area contributed by atoms with E-state index in [-0.39, 0.29) is 11.6 Å². The second-order valence-corrected chi connectivity index (χ2v) is 4.08. The fourth-order valence-electron chi connectivity index (χ4n) is 1.76. The molecule has 2 aromatic rings. The first-order valence-corrected chi connectivity index (χ1v) is 6.01. The topological polar surface area (TPSA) is 37.8 Å². The molecule has 1 heterocycles. The van der Waals surface area contributed by atoms with Crippen molar-refractivity contribution in [1.82, 2.24) is 9.97 Å². The Bertz CT molecular complexity index is 526. The van der Waals surface area contributed by atoms with E-state index in [0.29, 0.717) is 24.5 Å². The second kappa shape index (κ2) is 5.58. The van der Waals surface area contributed by atoms with Crippen LogP contribution in [0, 0.1) is 12.7 Å². The first-order chi connectivity index (χ1) is 8.70. The first kappa shape index (κ1) is 12.5. The van der Waals surface area contributed by atoms with E-state index in [1.54, 1.807) is 6.92 Å². The average molecular weight is 245 g/mol. The molecule has 0 radical (unpaired) electrons. The number of aromatic nitrogens is 2. The van der Waals surface area contributed by atoms with Gasteiger partial charge in [0.25, 0.3) is 0 Å². The first-order valence-electron chi connectivity index (χ1n) is 6.01. The van der Waals surface area contributed by atoms with Crippen LogP contribution in [0.2, 0.25) is 0 Å². The van der Waals surface area contributed by atoms with E-state index >= 15 is 0 Å². The van der Waals surface area contributed by atoms with Crippen LogP contribution in [-0.4, -0.2) is 16.5 Å². The lowest BCUT2D eigenvalue weighted by atomic mass is 10.1. The lowest BCUT2D eigenvalue weighted by molar-refractivity contribution is 0.601. The van der Waals surface area contributed by atoms with Gasteiger partial charge >= 0.3 is 0 Å². The van der Waals surface area contributed by atoms with E-state index in [1.165, 1.54) is 0 Å². The number of nitrogens with one attached hydrogen (secondary N) is 1. The van der Waals surface area contributed by atoms with Crippen molar-refractivity contribution in [3.63, 3.8) is 0 Å². The van der Waals surface area contributed by atoms with Gasteiger partial charge in [0.05, 0.1) is 5.69 Å². The molecular formula is C14H16FN3. The minimum absolute atomic E-state index is 0.288. The van der Waals surface area contributed by atoms with E-state index in [1.807, 2.05) is 37.3 Å². The molecule has 94 valence electrons. The zero-order valence-corrected chi connectivity index (χ0v) is 10.6. The highest BCUT2D eigenvalue weighted by Gasteiger charge is 2.10. The van der Waals surface area contributed by atoms with Crippen LogP contribution in [0.5, 0.6) is 0 Å². The van der Waals surface area contributed by atoms with E-state index in [9.17, 15) is 4.39 Å². The number of aryl methyl sites for hydroxylation is 1. The van der Waals surface area contributed by atoms with Crippen molar-refractivity contribution in [2.24, 2.45) is 0 Å². The second-order valence-electron chi connectivity index (χ2n) is 4.08. The predicted octanol–water partition coefficient (Wildman–Crippen LogP) is 2.95. The van der Waals surface area contributed by atoms with Crippen LogP contribution in [0.15, 0.2) is 30.3 Å². The van der Waals surface area contributed by atoms with Gasteiger partial charge in [-0.1, -0.05) is 30.3 Å². The number of hydrogen-bond acceptors (Lipinski definition) is 3. The van der Waals surface area contributed by atoms with Gasteiger partial charge in [-0.2, -0.15) is 0 Å². The minimum atomic E-state index is -0.367. The highest BCUT2D eigenvalue weighted by atomic mass is 19.1. The van der Waals surface area contributed by atoms with Gasteiger partial charge in [-0.15, -0.1) is 0 Å². The standard InChI is InChI=1S/C14H16FN3/c1-3-16-14-13(15)10(2)17-12(18-14)9-11-7-5-4-6-8-11/h4-8H,3,9H2,1-2H3,(H,16,17,18). The minimum Gasteiger partial charge on any atom is -0.368 e. The summed E-state index contributed by atoms with van der Waals surface area (Å²) in [5.74, 6) is 0.556. The monoisotopic (exact) mass is 245 g/mol. The molecule has 3 nitrogen and oxygen atoms in total. The van der Waals surface area contributed by atoms with Crippen LogP contribution >= 0.6 is 0 Å². The molecule has 1 aromatic heterocycles. The summed E-state index contributed by atoms with van der Waals surface area (Å²) in [5, 5.41) is 2.92. The molecule has 0 saturated heterocycles. The Kier molecular flexibility index (Phi) is 3.87. The van der Waals surface area contributed by atoms with E-state index in [0.717, 1.165) is 5.56 Å². The lowest BCUT2D eigenvalue weighted by Gasteiger charge is -2.08. The van der Waals surface area contributed by atoms with Crippen LogP contribution in [-0.2, 0) is 6.42 Å². The third-order valence-electron chi connectivity index (χ3n) is 2.61. The fraction of sp³-hybridized carbons (Fsp3) is 0.286. The van der Waals surface area contributed by atoms with Crippen molar-refractivity contribution in [3.8, 4) is 0 Å². The summed E-state index contributed by atoms with van der Waals surface area (Å²) in [4.78, 5) is 8.41. The number of hydrogen-bond donors (Lipinski definition) is 1.